The lowest BCUT2D eigenvalue weighted by atomic mass is 10.4. The average Bonchev–Trinajstić information content (AvgIpc) is 2.52. The summed E-state index contributed by atoms with van der Waals surface area (Å²) in [5.41, 5.74) is 0. The highest BCUT2D eigenvalue weighted by Gasteiger charge is 2.01. The van der Waals surface area contributed by atoms with Crippen molar-refractivity contribution in [3.8, 4) is 0 Å². The summed E-state index contributed by atoms with van der Waals surface area (Å²) < 4.78 is 21.6. The van der Waals surface area contributed by atoms with E-state index in [0.717, 1.165) is 26.1 Å². The van der Waals surface area contributed by atoms with Gasteiger partial charge in [-0.1, -0.05) is 26.0 Å². The first-order chi connectivity index (χ1) is 11.1. The Morgan fingerprint density at radius 3 is 1.57 bits per heavy atom. The average molecular weight is 333 g/mol. The summed E-state index contributed by atoms with van der Waals surface area (Å²) in [6.07, 6.45) is 5.72. The molecule has 0 aromatic heterocycles. The number of hydrogen-bond acceptors (Lipinski definition) is 4. The van der Waals surface area contributed by atoms with Crippen molar-refractivity contribution in [2.45, 2.75) is 53.6 Å². The fourth-order valence-electron chi connectivity index (χ4n) is 1.22. The lowest BCUT2D eigenvalue weighted by Crippen LogP contribution is -2.20. The third kappa shape index (κ3) is 38.8. The minimum atomic E-state index is 0.117. The molecule has 0 saturated carbocycles. The molecule has 4 heteroatoms. The summed E-state index contributed by atoms with van der Waals surface area (Å²) in [4.78, 5) is 0. The first-order valence-corrected chi connectivity index (χ1v) is 8.63. The van der Waals surface area contributed by atoms with E-state index in [9.17, 15) is 0 Å². The van der Waals surface area contributed by atoms with Crippen LogP contribution in [0.1, 0.15) is 47.5 Å². The van der Waals surface area contributed by atoms with E-state index in [-0.39, 0.29) is 6.10 Å². The highest BCUT2D eigenvalue weighted by atomic mass is 16.6. The van der Waals surface area contributed by atoms with Gasteiger partial charge in [0.2, 0.25) is 0 Å². The molecule has 0 saturated heterocycles. The van der Waals surface area contributed by atoms with Gasteiger partial charge in [-0.05, 0) is 33.6 Å². The fraction of sp³-hybridized carbons (Fsp3) is 0.789. The molecule has 140 valence electrons. The molecule has 0 aliphatic carbocycles. The van der Waals surface area contributed by atoms with Gasteiger partial charge in [-0.15, -0.1) is 13.2 Å². The molecule has 0 N–H and O–H groups in total. The Labute approximate surface area is 144 Å². The molecule has 23 heavy (non-hydrogen) atoms. The highest BCUT2D eigenvalue weighted by molar-refractivity contribution is 4.52. The molecule has 0 aliphatic heterocycles. The molecule has 0 spiro atoms. The summed E-state index contributed by atoms with van der Waals surface area (Å²) in [6.45, 7) is 21.5. The standard InChI is InChI=1S/C13H28O4.2C3H6/c1-4-6-14-8-9-16-12-13(3)17-11-10-15-7-5-2;2*1-3-2/h13H,4-12H2,1-3H3;2*3H,1H2,2H3. The normalized spacial score (nSPS) is 10.7. The third-order valence-electron chi connectivity index (χ3n) is 2.05. The zero-order valence-corrected chi connectivity index (χ0v) is 16.1. The molecule has 0 fully saturated rings. The number of allylic oxidation sites excluding steroid dienone is 2. The quantitative estimate of drug-likeness (QED) is 0.363. The minimum Gasteiger partial charge on any atom is -0.379 e. The van der Waals surface area contributed by atoms with E-state index < -0.39 is 0 Å². The summed E-state index contributed by atoms with van der Waals surface area (Å²) in [5.74, 6) is 0. The van der Waals surface area contributed by atoms with Crippen LogP contribution >= 0.6 is 0 Å². The van der Waals surface area contributed by atoms with E-state index >= 15 is 0 Å². The monoisotopic (exact) mass is 332 g/mol. The van der Waals surface area contributed by atoms with Crippen LogP contribution in [0.15, 0.2) is 25.3 Å². The third-order valence-corrected chi connectivity index (χ3v) is 2.05. The summed E-state index contributed by atoms with van der Waals surface area (Å²) in [5, 5.41) is 0. The molecule has 0 aromatic rings. The molecule has 0 bridgehead atoms. The maximum Gasteiger partial charge on any atom is 0.0781 e. The van der Waals surface area contributed by atoms with Gasteiger partial charge in [-0.25, -0.2) is 0 Å². The van der Waals surface area contributed by atoms with Crippen LogP contribution in [-0.2, 0) is 18.9 Å². The van der Waals surface area contributed by atoms with Crippen LogP contribution in [0.25, 0.3) is 0 Å². The van der Waals surface area contributed by atoms with Gasteiger partial charge in [0.15, 0.2) is 0 Å². The molecule has 4 nitrogen and oxygen atoms in total. The van der Waals surface area contributed by atoms with Crippen molar-refractivity contribution in [1.82, 2.24) is 0 Å². The Morgan fingerprint density at radius 2 is 1.13 bits per heavy atom. The Kier molecular flexibility index (Phi) is 34.7. The van der Waals surface area contributed by atoms with Crippen molar-refractivity contribution in [1.29, 1.82) is 0 Å². The van der Waals surface area contributed by atoms with Crippen LogP contribution in [0.2, 0.25) is 0 Å². The molecule has 0 aliphatic rings. The second-order valence-corrected chi connectivity index (χ2v) is 4.80. The molecule has 0 heterocycles. The van der Waals surface area contributed by atoms with E-state index in [0.29, 0.717) is 33.0 Å². The second kappa shape index (κ2) is 29.3. The van der Waals surface area contributed by atoms with E-state index in [4.69, 9.17) is 18.9 Å². The maximum atomic E-state index is 5.53. The Balaban J connectivity index is -0.000000573. The molecule has 0 radical (unpaired) electrons. The number of ether oxygens (including phenoxy) is 4. The molecular weight excluding hydrogens is 292 g/mol. The zero-order valence-electron chi connectivity index (χ0n) is 16.1. The van der Waals surface area contributed by atoms with Crippen LogP contribution in [0.3, 0.4) is 0 Å². The van der Waals surface area contributed by atoms with E-state index in [1.165, 1.54) is 0 Å². The highest BCUT2D eigenvalue weighted by Crippen LogP contribution is 1.93. The Bertz CT molecular complexity index is 202. The smallest absolute Gasteiger partial charge is 0.0781 e. The lowest BCUT2D eigenvalue weighted by Gasteiger charge is -2.13. The maximum absolute atomic E-state index is 5.53. The van der Waals surface area contributed by atoms with Gasteiger partial charge < -0.3 is 18.9 Å². The first kappa shape index (κ1) is 27.2. The fourth-order valence-corrected chi connectivity index (χ4v) is 1.22. The summed E-state index contributed by atoms with van der Waals surface area (Å²) in [7, 11) is 0. The zero-order chi connectivity index (χ0) is 18.2. The summed E-state index contributed by atoms with van der Waals surface area (Å²) >= 11 is 0. The SMILES string of the molecule is C=CC.C=CC.CCCOCCOCC(C)OCCOCCC. The predicted octanol–water partition coefficient (Wildman–Crippen LogP) is 4.65. The van der Waals surface area contributed by atoms with Crippen LogP contribution in [0, 0.1) is 0 Å². The first-order valence-electron chi connectivity index (χ1n) is 8.63. The summed E-state index contributed by atoms with van der Waals surface area (Å²) in [6, 6.07) is 0. The molecule has 0 amide bonds. The van der Waals surface area contributed by atoms with Crippen molar-refractivity contribution < 1.29 is 18.9 Å². The van der Waals surface area contributed by atoms with Crippen LogP contribution in [0.5, 0.6) is 0 Å². The van der Waals surface area contributed by atoms with Crippen molar-refractivity contribution >= 4 is 0 Å². The Morgan fingerprint density at radius 1 is 0.739 bits per heavy atom. The van der Waals surface area contributed by atoms with Gasteiger partial charge in [0.1, 0.15) is 0 Å². The van der Waals surface area contributed by atoms with Crippen molar-refractivity contribution in [2.75, 3.05) is 46.2 Å². The van der Waals surface area contributed by atoms with Gasteiger partial charge in [-0.3, -0.25) is 0 Å². The van der Waals surface area contributed by atoms with Gasteiger partial charge in [0.05, 0.1) is 39.1 Å². The number of hydrogen-bond donors (Lipinski definition) is 0. The van der Waals surface area contributed by atoms with E-state index in [1.54, 1.807) is 12.2 Å². The van der Waals surface area contributed by atoms with Crippen LogP contribution in [0.4, 0.5) is 0 Å². The van der Waals surface area contributed by atoms with E-state index in [2.05, 4.69) is 27.0 Å². The molecule has 1 unspecified atom stereocenters. The lowest BCUT2D eigenvalue weighted by molar-refractivity contribution is -0.0396. The molecule has 0 aromatic carbocycles. The molecular formula is C19H40O4. The van der Waals surface area contributed by atoms with Crippen LogP contribution in [-0.4, -0.2) is 52.4 Å². The van der Waals surface area contributed by atoms with Crippen molar-refractivity contribution in [3.63, 3.8) is 0 Å². The van der Waals surface area contributed by atoms with Crippen LogP contribution < -0.4 is 0 Å². The number of rotatable bonds is 13. The van der Waals surface area contributed by atoms with Gasteiger partial charge in [0.25, 0.3) is 0 Å². The minimum absolute atomic E-state index is 0.117. The molecule has 0 rings (SSSR count). The van der Waals surface area contributed by atoms with Gasteiger partial charge >= 0.3 is 0 Å². The van der Waals surface area contributed by atoms with E-state index in [1.807, 2.05) is 20.8 Å². The van der Waals surface area contributed by atoms with Gasteiger partial charge in [0, 0.05) is 13.2 Å². The Hall–Kier alpha value is -0.680. The second-order valence-electron chi connectivity index (χ2n) is 4.80. The topological polar surface area (TPSA) is 36.9 Å². The van der Waals surface area contributed by atoms with Gasteiger partial charge in [-0.2, -0.15) is 0 Å². The van der Waals surface area contributed by atoms with Crippen molar-refractivity contribution in [3.05, 3.63) is 25.3 Å². The predicted molar refractivity (Wildman–Crippen MR) is 100 cm³/mol. The van der Waals surface area contributed by atoms with Crippen molar-refractivity contribution in [2.24, 2.45) is 0 Å². The largest absolute Gasteiger partial charge is 0.379 e. The molecule has 1 atom stereocenters.